The van der Waals surface area contributed by atoms with Crippen molar-refractivity contribution < 1.29 is 8.78 Å². The molecule has 2 fully saturated rings. The Morgan fingerprint density at radius 3 is 2.47 bits per heavy atom. The quantitative estimate of drug-likeness (QED) is 0.392. The molecule has 0 bridgehead atoms. The first-order chi connectivity index (χ1) is 17.4. The standard InChI is InChI=1S/C28H32F2N6/c1-4-23(9-6-20(3)28(29,30)5-2)36(26-19-32-13-10-25(26)22-7-8-22)24-11-14-35(15-12-24)27-33-17-21(16-31)18-34-27/h4,6,9-10,13,17-19,22,24H,1,5,7-8,11-12,14-15H2,2-3H3/b20-6+,23-9+. The van der Waals surface area contributed by atoms with Gasteiger partial charge in [0.2, 0.25) is 5.95 Å². The molecule has 0 N–H and O–H groups in total. The third-order valence-electron chi connectivity index (χ3n) is 7.00. The third-order valence-corrected chi connectivity index (χ3v) is 7.00. The fourth-order valence-electron chi connectivity index (χ4n) is 4.61. The molecule has 0 spiro atoms. The molecule has 8 heteroatoms. The van der Waals surface area contributed by atoms with E-state index < -0.39 is 5.92 Å². The Morgan fingerprint density at radius 1 is 1.19 bits per heavy atom. The average Bonchev–Trinajstić information content (AvgIpc) is 3.77. The summed E-state index contributed by atoms with van der Waals surface area (Å²) >= 11 is 0. The Morgan fingerprint density at radius 2 is 1.89 bits per heavy atom. The van der Waals surface area contributed by atoms with Crippen LogP contribution in [-0.4, -0.2) is 40.0 Å². The summed E-state index contributed by atoms with van der Waals surface area (Å²) in [5.74, 6) is -1.72. The van der Waals surface area contributed by atoms with E-state index in [0.717, 1.165) is 50.2 Å². The molecule has 0 aromatic carbocycles. The van der Waals surface area contributed by atoms with Crippen molar-refractivity contribution in [3.63, 3.8) is 0 Å². The Balaban J connectivity index is 1.64. The van der Waals surface area contributed by atoms with Crippen molar-refractivity contribution in [3.8, 4) is 6.07 Å². The van der Waals surface area contributed by atoms with Crippen molar-refractivity contribution in [1.82, 2.24) is 15.0 Å². The van der Waals surface area contributed by atoms with E-state index in [4.69, 9.17) is 5.26 Å². The van der Waals surface area contributed by atoms with Crippen LogP contribution in [0.15, 0.2) is 66.9 Å². The molecule has 188 valence electrons. The SMILES string of the molecule is C=C/C(=C\C=C(/C)C(F)(F)CC)N(c1cnccc1C1CC1)C1CCN(c2ncc(C#N)cn2)CC1. The average molecular weight is 491 g/mol. The minimum Gasteiger partial charge on any atom is -0.341 e. The second-order valence-corrected chi connectivity index (χ2v) is 9.38. The number of pyridine rings is 1. The predicted molar refractivity (Wildman–Crippen MR) is 138 cm³/mol. The van der Waals surface area contributed by atoms with Crippen LogP contribution in [0.2, 0.25) is 0 Å². The molecule has 0 atom stereocenters. The van der Waals surface area contributed by atoms with Crippen LogP contribution in [0.5, 0.6) is 0 Å². The monoisotopic (exact) mass is 490 g/mol. The molecule has 2 aromatic rings. The number of nitriles is 1. The molecule has 1 saturated heterocycles. The largest absolute Gasteiger partial charge is 0.341 e. The van der Waals surface area contributed by atoms with Gasteiger partial charge in [-0.1, -0.05) is 19.6 Å². The lowest BCUT2D eigenvalue weighted by Crippen LogP contribution is -2.45. The molecule has 1 aliphatic heterocycles. The number of aromatic nitrogens is 3. The first-order valence-electron chi connectivity index (χ1n) is 12.5. The molecule has 6 nitrogen and oxygen atoms in total. The summed E-state index contributed by atoms with van der Waals surface area (Å²) in [5, 5.41) is 9.01. The lowest BCUT2D eigenvalue weighted by molar-refractivity contribution is 0.0377. The van der Waals surface area contributed by atoms with Crippen molar-refractivity contribution in [2.75, 3.05) is 22.9 Å². The van der Waals surface area contributed by atoms with E-state index in [0.29, 0.717) is 17.4 Å². The van der Waals surface area contributed by atoms with Crippen molar-refractivity contribution in [1.29, 1.82) is 5.26 Å². The smallest absolute Gasteiger partial charge is 0.269 e. The molecule has 1 aliphatic carbocycles. The van der Waals surface area contributed by atoms with Crippen LogP contribution in [0.3, 0.4) is 0 Å². The number of nitrogens with zero attached hydrogens (tertiary/aromatic N) is 6. The van der Waals surface area contributed by atoms with Gasteiger partial charge in [-0.3, -0.25) is 4.98 Å². The molecule has 2 aromatic heterocycles. The van der Waals surface area contributed by atoms with Gasteiger partial charge < -0.3 is 9.80 Å². The predicted octanol–water partition coefficient (Wildman–Crippen LogP) is 6.16. The van der Waals surface area contributed by atoms with E-state index in [-0.39, 0.29) is 18.0 Å². The normalized spacial score (nSPS) is 17.6. The van der Waals surface area contributed by atoms with Gasteiger partial charge in [0.15, 0.2) is 0 Å². The van der Waals surface area contributed by atoms with Crippen LogP contribution in [0.4, 0.5) is 20.4 Å². The zero-order chi connectivity index (χ0) is 25.7. The molecule has 0 radical (unpaired) electrons. The van der Waals surface area contributed by atoms with Gasteiger partial charge in [0.25, 0.3) is 5.92 Å². The first kappa shape index (κ1) is 25.5. The summed E-state index contributed by atoms with van der Waals surface area (Å²) in [4.78, 5) is 17.4. The number of hydrogen-bond acceptors (Lipinski definition) is 6. The highest BCUT2D eigenvalue weighted by molar-refractivity contribution is 5.62. The molecule has 1 saturated carbocycles. The zero-order valence-electron chi connectivity index (χ0n) is 20.9. The van der Waals surface area contributed by atoms with Crippen molar-refractivity contribution in [3.05, 3.63) is 78.1 Å². The van der Waals surface area contributed by atoms with Crippen LogP contribution < -0.4 is 9.80 Å². The molecule has 4 rings (SSSR count). The summed E-state index contributed by atoms with van der Waals surface area (Å²) in [5.41, 5.74) is 3.51. The minimum atomic E-state index is -2.84. The molecule has 36 heavy (non-hydrogen) atoms. The highest BCUT2D eigenvalue weighted by Gasteiger charge is 2.33. The summed E-state index contributed by atoms with van der Waals surface area (Å²) in [6.45, 7) is 8.46. The van der Waals surface area contributed by atoms with Crippen LogP contribution in [0, 0.1) is 11.3 Å². The topological polar surface area (TPSA) is 68.9 Å². The molecule has 3 heterocycles. The van der Waals surface area contributed by atoms with Gasteiger partial charge in [0.05, 0.1) is 29.8 Å². The van der Waals surface area contributed by atoms with Crippen LogP contribution in [0.25, 0.3) is 0 Å². The zero-order valence-corrected chi connectivity index (χ0v) is 20.9. The minimum absolute atomic E-state index is 0.0330. The number of anilines is 2. The van der Waals surface area contributed by atoms with Crippen LogP contribution >= 0.6 is 0 Å². The summed E-state index contributed by atoms with van der Waals surface area (Å²) in [6.07, 6.45) is 15.5. The maximum atomic E-state index is 14.2. The molecule has 0 unspecified atom stereocenters. The van der Waals surface area contributed by atoms with Gasteiger partial charge in [0.1, 0.15) is 6.07 Å². The summed E-state index contributed by atoms with van der Waals surface area (Å²) in [7, 11) is 0. The maximum absolute atomic E-state index is 14.2. The van der Waals surface area contributed by atoms with Gasteiger partial charge >= 0.3 is 0 Å². The number of hydrogen-bond donors (Lipinski definition) is 0. The van der Waals surface area contributed by atoms with E-state index in [1.807, 2.05) is 18.5 Å². The number of rotatable bonds is 9. The van der Waals surface area contributed by atoms with Gasteiger partial charge in [-0.05, 0) is 67.9 Å². The number of alkyl halides is 2. The second-order valence-electron chi connectivity index (χ2n) is 9.38. The van der Waals surface area contributed by atoms with Crippen molar-refractivity contribution in [2.45, 2.75) is 63.8 Å². The van der Waals surface area contributed by atoms with Crippen LogP contribution in [-0.2, 0) is 0 Å². The maximum Gasteiger partial charge on any atom is 0.269 e. The Hall–Kier alpha value is -3.60. The number of allylic oxidation sites excluding steroid dienone is 4. The molecular weight excluding hydrogens is 458 g/mol. The van der Waals surface area contributed by atoms with Gasteiger partial charge in [-0.15, -0.1) is 0 Å². The van der Waals surface area contributed by atoms with E-state index in [1.54, 1.807) is 12.2 Å². The molecular formula is C28H32F2N6. The number of halogens is 2. The van der Waals surface area contributed by atoms with E-state index in [2.05, 4.69) is 37.4 Å². The fourth-order valence-corrected chi connectivity index (χ4v) is 4.61. The highest BCUT2D eigenvalue weighted by atomic mass is 19.3. The van der Waals surface area contributed by atoms with E-state index >= 15 is 0 Å². The summed E-state index contributed by atoms with van der Waals surface area (Å²) < 4.78 is 28.5. The van der Waals surface area contributed by atoms with Crippen LogP contribution in [0.1, 0.15) is 63.0 Å². The van der Waals surface area contributed by atoms with Gasteiger partial charge in [-0.2, -0.15) is 5.26 Å². The summed E-state index contributed by atoms with van der Waals surface area (Å²) in [6, 6.07) is 4.25. The van der Waals surface area contributed by atoms with E-state index in [9.17, 15) is 8.78 Å². The Bertz CT molecular complexity index is 1170. The van der Waals surface area contributed by atoms with Crippen molar-refractivity contribution in [2.24, 2.45) is 0 Å². The fraction of sp³-hybridized carbons (Fsp3) is 0.429. The molecule has 2 aliphatic rings. The second kappa shape index (κ2) is 11.0. The first-order valence-corrected chi connectivity index (χ1v) is 12.5. The Kier molecular flexibility index (Phi) is 7.78. The van der Waals surface area contributed by atoms with Crippen molar-refractivity contribution >= 4 is 11.6 Å². The molecule has 0 amide bonds. The Labute approximate surface area is 211 Å². The number of piperidine rings is 1. The highest BCUT2D eigenvalue weighted by Crippen LogP contribution is 2.45. The van der Waals surface area contributed by atoms with Gasteiger partial charge in [0, 0.05) is 37.4 Å². The third kappa shape index (κ3) is 5.62. The van der Waals surface area contributed by atoms with Gasteiger partial charge in [-0.25, -0.2) is 18.7 Å². The van der Waals surface area contributed by atoms with E-state index in [1.165, 1.54) is 37.9 Å². The lowest BCUT2D eigenvalue weighted by Gasteiger charge is -2.41. The lowest BCUT2D eigenvalue weighted by atomic mass is 9.99.